The van der Waals surface area contributed by atoms with Crippen LogP contribution in [0, 0.1) is 0 Å². The van der Waals surface area contributed by atoms with Crippen molar-refractivity contribution in [1.29, 1.82) is 0 Å². The van der Waals surface area contributed by atoms with Gasteiger partial charge in [0.25, 0.3) is 0 Å². The van der Waals surface area contributed by atoms with E-state index in [4.69, 9.17) is 0 Å². The number of anilines is 1. The molecule has 4 aliphatic rings. The van der Waals surface area contributed by atoms with Crippen LogP contribution >= 0.6 is 11.8 Å². The van der Waals surface area contributed by atoms with Crippen LogP contribution in [-0.2, 0) is 10.8 Å². The van der Waals surface area contributed by atoms with Crippen molar-refractivity contribution in [2.24, 2.45) is 0 Å². The Kier molecular flexibility index (Phi) is 9.53. The Morgan fingerprint density at radius 3 is 1.98 bits per heavy atom. The summed E-state index contributed by atoms with van der Waals surface area (Å²) in [6.45, 7) is 0. The molecule has 54 heavy (non-hydrogen) atoms. The molecule has 2 saturated carbocycles. The molecule has 9 rings (SSSR count). The van der Waals surface area contributed by atoms with E-state index in [1.165, 1.54) is 118 Å². The fourth-order valence-corrected chi connectivity index (χ4v) is 11.3. The Labute approximate surface area is 326 Å². The summed E-state index contributed by atoms with van der Waals surface area (Å²) in [4.78, 5) is 4.94. The van der Waals surface area contributed by atoms with E-state index in [0.717, 1.165) is 0 Å². The summed E-state index contributed by atoms with van der Waals surface area (Å²) in [6, 6.07) is 38.0. The molecule has 2 nitrogen and oxygen atoms in total. The third-order valence-corrected chi connectivity index (χ3v) is 13.9. The lowest BCUT2D eigenvalue weighted by Gasteiger charge is -2.36. The molecule has 3 heteroatoms. The third-order valence-electron chi connectivity index (χ3n) is 12.8. The minimum Gasteiger partial charge on any atom is -0.347 e. The van der Waals surface area contributed by atoms with Gasteiger partial charge >= 0.3 is 0 Å². The van der Waals surface area contributed by atoms with Gasteiger partial charge in [-0.05, 0) is 95.3 Å². The van der Waals surface area contributed by atoms with Gasteiger partial charge in [-0.25, -0.2) is 0 Å². The van der Waals surface area contributed by atoms with Crippen molar-refractivity contribution in [2.75, 3.05) is 19.0 Å². The maximum Gasteiger partial charge on any atom is 0.210 e. The van der Waals surface area contributed by atoms with E-state index in [9.17, 15) is 0 Å². The minimum absolute atomic E-state index is 0.0796. The molecule has 0 aromatic heterocycles. The molecule has 0 unspecified atom stereocenters. The van der Waals surface area contributed by atoms with Crippen molar-refractivity contribution in [3.05, 3.63) is 173 Å². The van der Waals surface area contributed by atoms with Gasteiger partial charge in [-0.15, -0.1) is 0 Å². The molecule has 2 spiro atoms. The van der Waals surface area contributed by atoms with Crippen LogP contribution in [0.1, 0.15) is 75.3 Å². The lowest BCUT2D eigenvalue weighted by atomic mass is 9.66. The predicted octanol–water partition coefficient (Wildman–Crippen LogP) is 13.5. The van der Waals surface area contributed by atoms with Crippen LogP contribution in [-0.4, -0.2) is 24.4 Å². The molecule has 2 fully saturated rings. The van der Waals surface area contributed by atoms with Gasteiger partial charge in [0.15, 0.2) is 5.71 Å². The van der Waals surface area contributed by atoms with E-state index in [2.05, 4.69) is 175 Å². The van der Waals surface area contributed by atoms with Crippen molar-refractivity contribution >= 4 is 50.4 Å². The molecule has 2 aliphatic heterocycles. The lowest BCUT2D eigenvalue weighted by molar-refractivity contribution is -0.401. The van der Waals surface area contributed by atoms with Gasteiger partial charge in [-0.3, -0.25) is 0 Å². The number of thioether (sulfide) groups is 1. The maximum absolute atomic E-state index is 2.48. The molecule has 2 heterocycles. The van der Waals surface area contributed by atoms with Crippen LogP contribution in [0.5, 0.6) is 0 Å². The first-order valence-electron chi connectivity index (χ1n) is 20.2. The second-order valence-electron chi connectivity index (χ2n) is 15.8. The van der Waals surface area contributed by atoms with Gasteiger partial charge in [0.05, 0.1) is 5.41 Å². The number of fused-ring (bicyclic) bond motifs is 8. The second-order valence-corrected chi connectivity index (χ2v) is 16.9. The number of allylic oxidation sites excluding steroid dienone is 9. The predicted molar refractivity (Wildman–Crippen MR) is 233 cm³/mol. The van der Waals surface area contributed by atoms with E-state index in [0.29, 0.717) is 0 Å². The zero-order chi connectivity index (χ0) is 36.5. The average Bonchev–Trinajstić information content (AvgIpc) is 3.58. The van der Waals surface area contributed by atoms with Crippen LogP contribution in [0.2, 0.25) is 0 Å². The number of benzene rings is 5. The van der Waals surface area contributed by atoms with Crippen molar-refractivity contribution < 1.29 is 4.58 Å². The van der Waals surface area contributed by atoms with E-state index in [1.54, 1.807) is 11.1 Å². The summed E-state index contributed by atoms with van der Waals surface area (Å²) in [6.07, 6.45) is 31.1. The number of hydrogen-bond donors (Lipinski definition) is 0. The van der Waals surface area contributed by atoms with Gasteiger partial charge in [-0.1, -0.05) is 147 Å². The summed E-state index contributed by atoms with van der Waals surface area (Å²) in [5.74, 6) is 0. The maximum atomic E-state index is 2.48. The highest BCUT2D eigenvalue weighted by molar-refractivity contribution is 8.03. The fourth-order valence-electron chi connectivity index (χ4n) is 10.5. The Balaban J connectivity index is 1.02. The van der Waals surface area contributed by atoms with E-state index < -0.39 is 0 Å². The van der Waals surface area contributed by atoms with Crippen molar-refractivity contribution in [1.82, 2.24) is 0 Å². The molecule has 0 amide bonds. The number of rotatable bonds is 7. The minimum atomic E-state index is 0.0796. The van der Waals surface area contributed by atoms with Crippen molar-refractivity contribution in [3.8, 4) is 0 Å². The third kappa shape index (κ3) is 6.02. The van der Waals surface area contributed by atoms with Crippen molar-refractivity contribution in [3.63, 3.8) is 0 Å². The molecule has 0 atom stereocenters. The summed E-state index contributed by atoms with van der Waals surface area (Å²) in [5, 5.41) is 5.54. The van der Waals surface area contributed by atoms with Crippen LogP contribution in [0.15, 0.2) is 167 Å². The molecule has 2 aliphatic carbocycles. The van der Waals surface area contributed by atoms with Gasteiger partial charge in [0, 0.05) is 51.4 Å². The Hall–Kier alpha value is -4.86. The number of hydrogen-bond acceptors (Lipinski definition) is 2. The summed E-state index contributed by atoms with van der Waals surface area (Å²) in [7, 11) is 4.55. The van der Waals surface area contributed by atoms with Gasteiger partial charge < -0.3 is 4.90 Å². The largest absolute Gasteiger partial charge is 0.347 e. The first-order valence-corrected chi connectivity index (χ1v) is 21.0. The Morgan fingerprint density at radius 1 is 0.630 bits per heavy atom. The molecule has 5 aromatic carbocycles. The standard InChI is InChI=1S/C51H51N2S/c1-52-44-32-30-38-20-8-12-26-42(38)48(44)50(34-16-4-17-35-50)46(52)28-14-10-24-41(54-40-22-6-3-7-23-40)25-11-15-29-47-51(36-18-5-19-37-51)49-43-27-13-9-21-39(43)31-33-45(49)53(47)2/h3,6-15,20-33H,4-5,16-19,34-37H2,1-2H3/q+1. The van der Waals surface area contributed by atoms with E-state index in [1.807, 2.05) is 11.8 Å². The number of nitrogens with zero attached hydrogens (tertiary/aromatic N) is 2. The zero-order valence-electron chi connectivity index (χ0n) is 31.8. The van der Waals surface area contributed by atoms with E-state index in [-0.39, 0.29) is 10.8 Å². The van der Waals surface area contributed by atoms with Gasteiger partial charge in [0.1, 0.15) is 7.05 Å². The molecule has 5 aromatic rings. The van der Waals surface area contributed by atoms with Crippen LogP contribution in [0.4, 0.5) is 11.4 Å². The first kappa shape index (κ1) is 34.9. The highest BCUT2D eigenvalue weighted by atomic mass is 32.2. The molecule has 0 saturated heterocycles. The molecular formula is C51H51N2S+. The lowest BCUT2D eigenvalue weighted by Crippen LogP contribution is -2.36. The first-order chi connectivity index (χ1) is 26.6. The van der Waals surface area contributed by atoms with Crippen molar-refractivity contribution in [2.45, 2.75) is 79.9 Å². The molecule has 0 bridgehead atoms. The number of likely N-dealkylation sites (N-methyl/N-ethyl adjacent to an activating group) is 1. The fraction of sp³-hybridized carbons (Fsp3) is 0.275. The quantitative estimate of drug-likeness (QED) is 0.0937. The summed E-state index contributed by atoms with van der Waals surface area (Å²) >= 11 is 1.82. The molecule has 0 N–H and O–H groups in total. The average molecular weight is 724 g/mol. The topological polar surface area (TPSA) is 6.25 Å². The highest BCUT2D eigenvalue weighted by Crippen LogP contribution is 2.57. The Morgan fingerprint density at radius 2 is 1.26 bits per heavy atom. The molecule has 0 radical (unpaired) electrons. The Bertz CT molecular complexity index is 2390. The van der Waals surface area contributed by atoms with E-state index >= 15 is 0 Å². The smallest absolute Gasteiger partial charge is 0.210 e. The summed E-state index contributed by atoms with van der Waals surface area (Å²) in [5.41, 5.74) is 8.88. The van der Waals surface area contributed by atoms with Crippen LogP contribution in [0.3, 0.4) is 0 Å². The SMILES string of the molecule is CN1/C(=C/C=C/C=C(/C=C/C=C/C2=[N+](C)c3ccc4ccccc4c3C23CCCCC3)Sc2ccccc2)C2(CCCCC2)c2c1ccc1ccccc21. The zero-order valence-corrected chi connectivity index (χ0v) is 32.6. The second kappa shape index (κ2) is 14.8. The van der Waals surface area contributed by atoms with Crippen LogP contribution in [0.25, 0.3) is 21.5 Å². The van der Waals surface area contributed by atoms with Crippen LogP contribution < -0.4 is 4.90 Å². The normalized spacial score (nSPS) is 20.2. The van der Waals surface area contributed by atoms with Gasteiger partial charge in [0.2, 0.25) is 5.69 Å². The molecule has 270 valence electrons. The summed E-state index contributed by atoms with van der Waals surface area (Å²) < 4.78 is 2.48. The molecular weight excluding hydrogens is 673 g/mol. The monoisotopic (exact) mass is 723 g/mol. The van der Waals surface area contributed by atoms with Gasteiger partial charge in [-0.2, -0.15) is 4.58 Å². The highest BCUT2D eigenvalue weighted by Gasteiger charge is 2.51.